The molecule has 0 rings (SSSR count). The molecule has 0 bridgehead atoms. The van der Waals surface area contributed by atoms with Crippen molar-refractivity contribution < 1.29 is 47.2 Å². The first-order valence-corrected chi connectivity index (χ1v) is 23.6. The second kappa shape index (κ2) is 36.8. The summed E-state index contributed by atoms with van der Waals surface area (Å²) in [7, 11) is 1.43. The number of phosphoric acid groups is 1. The van der Waals surface area contributed by atoms with Crippen LogP contribution in [0.1, 0.15) is 187 Å². The molecule has 0 aromatic carbocycles. The highest BCUT2D eigenvalue weighted by atomic mass is 31.2. The number of esters is 2. The number of hydrogen-bond acceptors (Lipinski definition) is 8. The van der Waals surface area contributed by atoms with Crippen molar-refractivity contribution in [1.29, 1.82) is 0 Å². The third kappa shape index (κ3) is 40.4. The molecule has 324 valence electrons. The van der Waals surface area contributed by atoms with Crippen LogP contribution in [-0.2, 0) is 32.7 Å². The first-order valence-electron chi connectivity index (χ1n) is 22.1. The molecule has 0 radical (unpaired) electrons. The first kappa shape index (κ1) is 53.5. The predicted octanol–water partition coefficient (Wildman–Crippen LogP) is 11.3. The molecule has 0 aromatic heterocycles. The van der Waals surface area contributed by atoms with Crippen LogP contribution in [0.3, 0.4) is 0 Å². The summed E-state index contributed by atoms with van der Waals surface area (Å²) in [6.07, 6.45) is 35.2. The number of quaternary nitrogens is 1. The fraction of sp³-hybridized carbons (Fsp3) is 0.864. The van der Waals surface area contributed by atoms with Gasteiger partial charge in [0, 0.05) is 12.8 Å². The molecular weight excluding hydrogens is 717 g/mol. The molecule has 0 aliphatic heterocycles. The molecule has 0 heterocycles. The Morgan fingerprint density at radius 1 is 0.618 bits per heavy atom. The lowest BCUT2D eigenvalue weighted by Gasteiger charge is -2.24. The molecule has 0 aliphatic rings. The number of likely N-dealkylation sites (N-methyl/N-ethyl adjacent to an activating group) is 1. The Morgan fingerprint density at radius 3 is 1.67 bits per heavy atom. The summed E-state index contributed by atoms with van der Waals surface area (Å²) in [5.74, 6) is -0.858. The van der Waals surface area contributed by atoms with Crippen molar-refractivity contribution in [2.75, 3.05) is 47.5 Å². The summed E-state index contributed by atoms with van der Waals surface area (Å²) in [6.45, 7) is 4.28. The van der Waals surface area contributed by atoms with E-state index in [-0.39, 0.29) is 32.2 Å². The maximum atomic E-state index is 12.7. The molecule has 0 aliphatic carbocycles. The van der Waals surface area contributed by atoms with Crippen LogP contribution in [0.15, 0.2) is 24.3 Å². The van der Waals surface area contributed by atoms with Gasteiger partial charge in [0.25, 0.3) is 0 Å². The predicted molar refractivity (Wildman–Crippen MR) is 226 cm³/mol. The van der Waals surface area contributed by atoms with Gasteiger partial charge in [-0.3, -0.25) is 18.6 Å². The number of allylic oxidation sites excluding steroid dienone is 3. The molecule has 0 aromatic rings. The number of phosphoric ester groups is 1. The summed E-state index contributed by atoms with van der Waals surface area (Å²) in [5.41, 5.74) is 0. The summed E-state index contributed by atoms with van der Waals surface area (Å²) in [4.78, 5) is 35.3. The molecular formula is C44H85NO9P+. The van der Waals surface area contributed by atoms with Gasteiger partial charge in [0.1, 0.15) is 19.8 Å². The number of hydrogen-bond donors (Lipinski definition) is 2. The summed E-state index contributed by atoms with van der Waals surface area (Å²) in [5, 5.41) is 10.2. The number of unbranched alkanes of at least 4 members (excludes halogenated alkanes) is 19. The fourth-order valence-corrected chi connectivity index (χ4v) is 6.70. The second-order valence-electron chi connectivity index (χ2n) is 16.3. The van der Waals surface area contributed by atoms with Gasteiger partial charge in [-0.25, -0.2) is 4.57 Å². The molecule has 3 unspecified atom stereocenters. The van der Waals surface area contributed by atoms with E-state index in [9.17, 15) is 24.2 Å². The largest absolute Gasteiger partial charge is 0.472 e. The van der Waals surface area contributed by atoms with Crippen molar-refractivity contribution >= 4 is 19.8 Å². The Morgan fingerprint density at radius 2 is 1.09 bits per heavy atom. The number of ether oxygens (including phenoxy) is 2. The molecule has 0 saturated carbocycles. The zero-order chi connectivity index (χ0) is 40.9. The van der Waals surface area contributed by atoms with Gasteiger partial charge in [0.2, 0.25) is 0 Å². The van der Waals surface area contributed by atoms with E-state index < -0.39 is 32.5 Å². The maximum absolute atomic E-state index is 12.7. The molecule has 3 atom stereocenters. The third-order valence-electron chi connectivity index (χ3n) is 9.53. The van der Waals surface area contributed by atoms with Crippen molar-refractivity contribution in [2.45, 2.75) is 199 Å². The quantitative estimate of drug-likeness (QED) is 0.0204. The monoisotopic (exact) mass is 803 g/mol. The van der Waals surface area contributed by atoms with E-state index in [1.54, 1.807) is 0 Å². The van der Waals surface area contributed by atoms with E-state index in [0.717, 1.165) is 89.9 Å². The highest BCUT2D eigenvalue weighted by Gasteiger charge is 2.27. The smallest absolute Gasteiger partial charge is 0.462 e. The van der Waals surface area contributed by atoms with Crippen LogP contribution in [0.4, 0.5) is 0 Å². The molecule has 55 heavy (non-hydrogen) atoms. The van der Waals surface area contributed by atoms with Gasteiger partial charge in [-0.1, -0.05) is 134 Å². The maximum Gasteiger partial charge on any atom is 0.472 e. The van der Waals surface area contributed by atoms with Crippen LogP contribution >= 0.6 is 7.82 Å². The first-order chi connectivity index (χ1) is 26.4. The minimum Gasteiger partial charge on any atom is -0.462 e. The van der Waals surface area contributed by atoms with Gasteiger partial charge >= 0.3 is 19.8 Å². The molecule has 2 N–H and O–H groups in total. The van der Waals surface area contributed by atoms with Crippen LogP contribution < -0.4 is 0 Å². The average molecular weight is 803 g/mol. The lowest BCUT2D eigenvalue weighted by Crippen LogP contribution is -2.37. The SMILES string of the molecule is CCCCC/C=C/CC(O)CCCCCCCCC(=O)OC(COC(=O)CCCCCCC/C=C\CCCCCCCC)COP(=O)(O)OCC[N+](C)(C)C. The van der Waals surface area contributed by atoms with E-state index in [0.29, 0.717) is 17.4 Å². The normalized spacial score (nSPS) is 14.4. The van der Waals surface area contributed by atoms with E-state index in [1.807, 2.05) is 21.1 Å². The van der Waals surface area contributed by atoms with Crippen LogP contribution in [0, 0.1) is 0 Å². The van der Waals surface area contributed by atoms with Gasteiger partial charge in [0.15, 0.2) is 6.10 Å². The van der Waals surface area contributed by atoms with Crippen LogP contribution in [0.2, 0.25) is 0 Å². The zero-order valence-electron chi connectivity index (χ0n) is 36.0. The number of rotatable bonds is 40. The topological polar surface area (TPSA) is 129 Å². The number of carbonyl (C=O) groups is 2. The standard InChI is InChI=1S/C44H84NO9P/c1-6-8-10-12-14-15-16-17-18-19-20-21-22-27-31-35-43(47)51-39-42(40-53-55(49,50)52-38-37-45(3,4)5)54-44(48)36-32-28-24-23-26-30-34-41(46)33-29-25-13-11-9-7-2/h17-18,25,29,41-42,46H,6-16,19-24,26-28,30-40H2,1-5H3/p+1/b18-17-,29-25+. The number of carbonyl (C=O) groups excluding carboxylic acids is 2. The zero-order valence-corrected chi connectivity index (χ0v) is 36.9. The molecule has 0 amide bonds. The van der Waals surface area contributed by atoms with Gasteiger partial charge in [0.05, 0.1) is 33.9 Å². The molecule has 0 spiro atoms. The Bertz CT molecular complexity index is 1010. The summed E-state index contributed by atoms with van der Waals surface area (Å²) >= 11 is 0. The number of aliphatic hydroxyl groups is 1. The third-order valence-corrected chi connectivity index (χ3v) is 10.5. The lowest BCUT2D eigenvalue weighted by atomic mass is 10.0. The minimum atomic E-state index is -4.39. The summed E-state index contributed by atoms with van der Waals surface area (Å²) in [6, 6.07) is 0. The van der Waals surface area contributed by atoms with Gasteiger partial charge < -0.3 is 24.0 Å². The molecule has 0 fully saturated rings. The minimum absolute atomic E-state index is 0.0177. The van der Waals surface area contributed by atoms with Crippen molar-refractivity contribution in [2.24, 2.45) is 0 Å². The fourth-order valence-electron chi connectivity index (χ4n) is 5.96. The van der Waals surface area contributed by atoms with Gasteiger partial charge in [-0.05, 0) is 64.2 Å². The Balaban J connectivity index is 4.42. The van der Waals surface area contributed by atoms with Crippen molar-refractivity contribution in [3.63, 3.8) is 0 Å². The Hall–Kier alpha value is -1.55. The Labute approximate surface area is 337 Å². The molecule has 11 heteroatoms. The van der Waals surface area contributed by atoms with Gasteiger partial charge in [-0.2, -0.15) is 0 Å². The molecule has 10 nitrogen and oxygen atoms in total. The van der Waals surface area contributed by atoms with E-state index in [1.165, 1.54) is 64.2 Å². The van der Waals surface area contributed by atoms with Crippen LogP contribution in [0.25, 0.3) is 0 Å². The Kier molecular flexibility index (Phi) is 35.7. The second-order valence-corrected chi connectivity index (χ2v) is 17.7. The van der Waals surface area contributed by atoms with Crippen molar-refractivity contribution in [1.82, 2.24) is 0 Å². The number of nitrogens with zero attached hydrogens (tertiary/aromatic N) is 1. The van der Waals surface area contributed by atoms with Crippen molar-refractivity contribution in [3.05, 3.63) is 24.3 Å². The van der Waals surface area contributed by atoms with Crippen LogP contribution in [0.5, 0.6) is 0 Å². The number of aliphatic hydroxyl groups excluding tert-OH is 1. The van der Waals surface area contributed by atoms with Crippen molar-refractivity contribution in [3.8, 4) is 0 Å². The van der Waals surface area contributed by atoms with Crippen LogP contribution in [-0.4, -0.2) is 86.1 Å². The summed E-state index contributed by atoms with van der Waals surface area (Å²) < 4.78 is 34.2. The van der Waals surface area contributed by atoms with E-state index in [4.69, 9.17) is 18.5 Å². The average Bonchev–Trinajstić information content (AvgIpc) is 3.13. The molecule has 0 saturated heterocycles. The van der Waals surface area contributed by atoms with E-state index >= 15 is 0 Å². The highest BCUT2D eigenvalue weighted by molar-refractivity contribution is 7.47. The lowest BCUT2D eigenvalue weighted by molar-refractivity contribution is -0.870. The van der Waals surface area contributed by atoms with Gasteiger partial charge in [-0.15, -0.1) is 0 Å². The highest BCUT2D eigenvalue weighted by Crippen LogP contribution is 2.43. The van der Waals surface area contributed by atoms with E-state index in [2.05, 4.69) is 38.2 Å².